The summed E-state index contributed by atoms with van der Waals surface area (Å²) in [4.78, 5) is 37.4. The van der Waals surface area contributed by atoms with Gasteiger partial charge in [0.05, 0.1) is 34.4 Å². The Balaban J connectivity index is 4.36. The molecule has 0 amide bonds. The lowest BCUT2D eigenvalue weighted by Gasteiger charge is -2.25. The van der Waals surface area contributed by atoms with Crippen LogP contribution in [-0.4, -0.2) is 87.4 Å². The highest BCUT2D eigenvalue weighted by atomic mass is 16.7. The summed E-state index contributed by atoms with van der Waals surface area (Å²) < 4.78 is 22.8. The summed E-state index contributed by atoms with van der Waals surface area (Å²) >= 11 is 0. The van der Waals surface area contributed by atoms with Crippen molar-refractivity contribution in [3.8, 4) is 0 Å². The summed E-state index contributed by atoms with van der Waals surface area (Å²) in [5.74, 6) is -2.06. The fourth-order valence-corrected chi connectivity index (χ4v) is 7.10. The Morgan fingerprint density at radius 3 is 1.10 bits per heavy atom. The first kappa shape index (κ1) is 68.4. The smallest absolute Gasteiger partial charge is 0.361 e. The Bertz CT molecular complexity index is 1650. The number of carboxylic acid groups (broad SMARTS) is 1. The van der Waals surface area contributed by atoms with Gasteiger partial charge in [-0.1, -0.05) is 205 Å². The van der Waals surface area contributed by atoms with Crippen molar-refractivity contribution in [1.29, 1.82) is 0 Å². The fraction of sp³-hybridized carbons (Fsp3) is 0.609. The number of ether oxygens (including phenoxy) is 4. The van der Waals surface area contributed by atoms with Crippen molar-refractivity contribution in [3.05, 3.63) is 134 Å². The lowest BCUT2D eigenvalue weighted by molar-refractivity contribution is -0.870. The number of carboxylic acids is 1. The predicted octanol–water partition coefficient (Wildman–Crippen LogP) is 16.7. The number of allylic oxidation sites excluding steroid dienone is 22. The van der Waals surface area contributed by atoms with Gasteiger partial charge in [-0.2, -0.15) is 0 Å². The van der Waals surface area contributed by atoms with E-state index >= 15 is 0 Å². The van der Waals surface area contributed by atoms with Crippen LogP contribution < -0.4 is 0 Å². The second-order valence-electron chi connectivity index (χ2n) is 19.5. The SMILES string of the molecule is CC/C=C\C/C=C\C/C=C\C/C=C\C/C=C\C/C=C\CCCCCCCCCCC(=O)OC(COC(=O)CCCCCCC/C=C\C/C=C\C/C=C\C/C=C\C/C=C\CC)COC(OCC[N+](C)(C)C)C(=O)O. The number of unbranched alkanes of at least 4 members (excludes halogenated alkanes) is 13. The predicted molar refractivity (Wildman–Crippen MR) is 308 cm³/mol. The number of hydrogen-bond acceptors (Lipinski definition) is 7. The first-order valence-electron chi connectivity index (χ1n) is 28.3. The van der Waals surface area contributed by atoms with Crippen LogP contribution in [0.1, 0.15) is 194 Å². The molecule has 2 atom stereocenters. The molecule has 0 aromatic heterocycles. The number of carbonyl (C=O) groups excluding carboxylic acids is 2. The summed E-state index contributed by atoms with van der Waals surface area (Å²) in [6.45, 7) is 4.59. The van der Waals surface area contributed by atoms with Crippen LogP contribution in [0.25, 0.3) is 0 Å². The van der Waals surface area contributed by atoms with Gasteiger partial charge >= 0.3 is 17.9 Å². The number of hydrogen-bond donors (Lipinski definition) is 1. The van der Waals surface area contributed by atoms with Crippen LogP contribution in [-0.2, 0) is 33.3 Å². The molecule has 73 heavy (non-hydrogen) atoms. The van der Waals surface area contributed by atoms with Crippen molar-refractivity contribution in [2.45, 2.75) is 206 Å². The quantitative estimate of drug-likeness (QED) is 0.0211. The van der Waals surface area contributed by atoms with Gasteiger partial charge < -0.3 is 28.5 Å². The Morgan fingerprint density at radius 2 is 0.740 bits per heavy atom. The minimum Gasteiger partial charge on any atom is -0.477 e. The van der Waals surface area contributed by atoms with E-state index in [1.54, 1.807) is 0 Å². The summed E-state index contributed by atoms with van der Waals surface area (Å²) in [5, 5.41) is 9.70. The van der Waals surface area contributed by atoms with Crippen LogP contribution >= 0.6 is 0 Å². The average Bonchev–Trinajstić information content (AvgIpc) is 3.36. The lowest BCUT2D eigenvalue weighted by atomic mass is 10.1. The van der Waals surface area contributed by atoms with Gasteiger partial charge in [0.25, 0.3) is 6.29 Å². The molecule has 0 heterocycles. The molecule has 9 nitrogen and oxygen atoms in total. The normalized spacial score (nSPS) is 13.8. The monoisotopic (exact) mass is 1010 g/mol. The second-order valence-corrected chi connectivity index (χ2v) is 19.5. The summed E-state index contributed by atoms with van der Waals surface area (Å²) in [6, 6.07) is 0. The molecule has 0 aliphatic carbocycles. The van der Waals surface area contributed by atoms with Gasteiger partial charge in [0.1, 0.15) is 13.2 Å². The lowest BCUT2D eigenvalue weighted by Crippen LogP contribution is -2.40. The molecule has 412 valence electrons. The van der Waals surface area contributed by atoms with Crippen molar-refractivity contribution < 1.29 is 42.9 Å². The van der Waals surface area contributed by atoms with E-state index in [2.05, 4.69) is 148 Å². The van der Waals surface area contributed by atoms with Crippen LogP contribution in [0, 0.1) is 0 Å². The minimum absolute atomic E-state index is 0.174. The molecule has 9 heteroatoms. The van der Waals surface area contributed by atoms with Crippen LogP contribution in [0.3, 0.4) is 0 Å². The van der Waals surface area contributed by atoms with Crippen molar-refractivity contribution in [3.63, 3.8) is 0 Å². The highest BCUT2D eigenvalue weighted by molar-refractivity contribution is 5.71. The van der Waals surface area contributed by atoms with E-state index in [4.69, 9.17) is 18.9 Å². The molecule has 0 aliphatic heterocycles. The van der Waals surface area contributed by atoms with Crippen molar-refractivity contribution in [1.82, 2.24) is 0 Å². The van der Waals surface area contributed by atoms with Crippen molar-refractivity contribution in [2.75, 3.05) is 47.5 Å². The third-order valence-electron chi connectivity index (χ3n) is 11.4. The Hall–Kier alpha value is -4.57. The first-order chi connectivity index (χ1) is 35.6. The number of likely N-dealkylation sites (N-methyl/N-ethyl adjacent to an activating group) is 1. The zero-order valence-electron chi connectivity index (χ0n) is 46.7. The molecule has 0 aromatic carbocycles. The molecule has 0 saturated heterocycles. The molecule has 0 radical (unpaired) electrons. The second kappa shape index (κ2) is 53.7. The van der Waals surface area contributed by atoms with Crippen LogP contribution in [0.5, 0.6) is 0 Å². The topological polar surface area (TPSA) is 108 Å². The summed E-state index contributed by atoms with van der Waals surface area (Å²) in [6.07, 6.45) is 73.7. The molecule has 1 N–H and O–H groups in total. The van der Waals surface area contributed by atoms with E-state index in [0.29, 0.717) is 23.9 Å². The van der Waals surface area contributed by atoms with E-state index in [9.17, 15) is 19.5 Å². The molecule has 2 unspecified atom stereocenters. The average molecular weight is 1020 g/mol. The molecule has 0 rings (SSSR count). The molecular formula is C64H104NO8+. The van der Waals surface area contributed by atoms with Crippen LogP contribution in [0.2, 0.25) is 0 Å². The fourth-order valence-electron chi connectivity index (χ4n) is 7.10. The zero-order valence-corrected chi connectivity index (χ0v) is 46.7. The Labute approximate surface area is 446 Å². The van der Waals surface area contributed by atoms with Crippen LogP contribution in [0.15, 0.2) is 134 Å². The number of esters is 2. The van der Waals surface area contributed by atoms with Gasteiger partial charge in [-0.05, 0) is 109 Å². The third kappa shape index (κ3) is 55.0. The highest BCUT2D eigenvalue weighted by Crippen LogP contribution is 2.14. The van der Waals surface area contributed by atoms with E-state index in [-0.39, 0.29) is 38.6 Å². The van der Waals surface area contributed by atoms with Crippen molar-refractivity contribution in [2.24, 2.45) is 0 Å². The standard InChI is InChI=1S/C64H103NO8/c1-6-8-10-12-14-16-18-20-22-24-26-28-29-30-31-32-33-35-37-39-41-43-45-47-49-51-53-55-62(67)73-60(59-72-64(63(68)69)70-57-56-65(3,4)5)58-71-61(66)54-52-50-48-46-44-42-40-38-36-34-27-25-23-21-19-17-15-13-11-9-7-2/h8-11,14-17,20-23,26-28,30-31,33-35,38,40,60,64H,6-7,12-13,18-19,24-25,29,32,36-37,39,41-59H2,1-5H3/p+1/b10-8-,11-9-,16-14-,17-15-,22-20-,23-21-,28-26-,31-30-,34-27-,35-33-,40-38-. The van der Waals surface area contributed by atoms with E-state index in [0.717, 1.165) is 128 Å². The number of nitrogens with zero attached hydrogens (tertiary/aromatic N) is 1. The highest BCUT2D eigenvalue weighted by Gasteiger charge is 2.25. The molecule has 0 saturated carbocycles. The van der Waals surface area contributed by atoms with E-state index < -0.39 is 24.3 Å². The first-order valence-corrected chi connectivity index (χ1v) is 28.3. The van der Waals surface area contributed by atoms with Gasteiger partial charge in [0.2, 0.25) is 0 Å². The largest absolute Gasteiger partial charge is 0.477 e. The molecule has 0 bridgehead atoms. The number of rotatable bonds is 50. The molecule has 0 spiro atoms. The Morgan fingerprint density at radius 1 is 0.411 bits per heavy atom. The third-order valence-corrected chi connectivity index (χ3v) is 11.4. The minimum atomic E-state index is -1.53. The zero-order chi connectivity index (χ0) is 53.4. The van der Waals surface area contributed by atoms with Crippen LogP contribution in [0.4, 0.5) is 0 Å². The van der Waals surface area contributed by atoms with Gasteiger partial charge in [-0.3, -0.25) is 9.59 Å². The number of aliphatic carboxylic acids is 1. The van der Waals surface area contributed by atoms with Gasteiger partial charge in [-0.25, -0.2) is 4.79 Å². The Kier molecular flexibility index (Phi) is 50.4. The maximum atomic E-state index is 12.9. The van der Waals surface area contributed by atoms with Gasteiger partial charge in [0.15, 0.2) is 6.10 Å². The summed E-state index contributed by atoms with van der Waals surface area (Å²) in [5.41, 5.74) is 0. The molecule has 0 aliphatic rings. The van der Waals surface area contributed by atoms with Gasteiger partial charge in [-0.15, -0.1) is 0 Å². The summed E-state index contributed by atoms with van der Waals surface area (Å²) in [7, 11) is 5.94. The van der Waals surface area contributed by atoms with E-state index in [1.165, 1.54) is 25.7 Å². The number of quaternary nitrogens is 1. The van der Waals surface area contributed by atoms with Crippen molar-refractivity contribution >= 4 is 17.9 Å². The molecule has 0 fully saturated rings. The molecular weight excluding hydrogens is 911 g/mol. The maximum Gasteiger partial charge on any atom is 0.361 e. The molecule has 0 aromatic rings. The van der Waals surface area contributed by atoms with Gasteiger partial charge in [0, 0.05) is 12.8 Å². The number of carbonyl (C=O) groups is 3. The van der Waals surface area contributed by atoms with E-state index in [1.807, 2.05) is 21.1 Å². The maximum absolute atomic E-state index is 12.9.